The second-order valence-electron chi connectivity index (χ2n) is 4.94. The number of likely N-dealkylation sites (N-methyl/N-ethyl adjacent to an activating group) is 1. The molecule has 102 valence electrons. The summed E-state index contributed by atoms with van der Waals surface area (Å²) in [7, 11) is 2.06. The molecule has 0 aliphatic heterocycles. The van der Waals surface area contributed by atoms with Crippen molar-refractivity contribution in [1.82, 2.24) is 10.3 Å². The highest BCUT2D eigenvalue weighted by Crippen LogP contribution is 2.22. The third-order valence-corrected chi connectivity index (χ3v) is 4.66. The smallest absolute Gasteiger partial charge is 0.0270 e. The third kappa shape index (κ3) is 4.15. The number of pyridine rings is 1. The van der Waals surface area contributed by atoms with Gasteiger partial charge in [0.15, 0.2) is 0 Å². The summed E-state index contributed by atoms with van der Waals surface area (Å²) in [4.78, 5) is 5.58. The van der Waals surface area contributed by atoms with Crippen molar-refractivity contribution in [3.05, 3.63) is 52.5 Å². The molecule has 0 aliphatic carbocycles. The van der Waals surface area contributed by atoms with E-state index in [1.807, 2.05) is 23.7 Å². The lowest BCUT2D eigenvalue weighted by molar-refractivity contribution is 0.444. The first-order chi connectivity index (χ1) is 9.31. The van der Waals surface area contributed by atoms with Crippen LogP contribution in [0.5, 0.6) is 0 Å². The zero-order valence-corrected chi connectivity index (χ0v) is 12.5. The van der Waals surface area contributed by atoms with E-state index in [9.17, 15) is 0 Å². The van der Waals surface area contributed by atoms with Gasteiger partial charge >= 0.3 is 0 Å². The molecule has 0 radical (unpaired) electrons. The molecule has 2 unspecified atom stereocenters. The maximum absolute atomic E-state index is 4.09. The summed E-state index contributed by atoms with van der Waals surface area (Å²) in [5.74, 6) is 0.524. The van der Waals surface area contributed by atoms with E-state index < -0.39 is 0 Å². The van der Waals surface area contributed by atoms with Gasteiger partial charge in [-0.2, -0.15) is 0 Å². The van der Waals surface area contributed by atoms with Crippen LogP contribution >= 0.6 is 11.3 Å². The summed E-state index contributed by atoms with van der Waals surface area (Å²) < 4.78 is 0. The van der Waals surface area contributed by atoms with Gasteiger partial charge in [0.2, 0.25) is 0 Å². The largest absolute Gasteiger partial charge is 0.316 e. The van der Waals surface area contributed by atoms with E-state index in [1.54, 1.807) is 0 Å². The standard InChI is InChI=1S/C16H22N2S/c1-13(14-8-10-18-11-9-14)16(17-2)7-3-5-15-6-4-12-19-15/h4,6,8-13,16-17H,3,5,7H2,1-2H3. The summed E-state index contributed by atoms with van der Waals surface area (Å²) >= 11 is 1.86. The van der Waals surface area contributed by atoms with Gasteiger partial charge in [-0.3, -0.25) is 4.98 Å². The normalized spacial score (nSPS) is 14.2. The average molecular weight is 274 g/mol. The molecule has 2 nitrogen and oxygen atoms in total. The lowest BCUT2D eigenvalue weighted by Crippen LogP contribution is -2.30. The molecule has 19 heavy (non-hydrogen) atoms. The maximum Gasteiger partial charge on any atom is 0.0270 e. The van der Waals surface area contributed by atoms with Crippen LogP contribution in [-0.4, -0.2) is 18.1 Å². The van der Waals surface area contributed by atoms with Crippen molar-refractivity contribution >= 4 is 11.3 Å². The fraction of sp³-hybridized carbons (Fsp3) is 0.438. The Labute approximate surface area is 119 Å². The van der Waals surface area contributed by atoms with Crippen molar-refractivity contribution in [2.24, 2.45) is 0 Å². The number of nitrogens with zero attached hydrogens (tertiary/aromatic N) is 1. The molecule has 0 bridgehead atoms. The van der Waals surface area contributed by atoms with E-state index in [-0.39, 0.29) is 0 Å². The Morgan fingerprint density at radius 1 is 1.26 bits per heavy atom. The fourth-order valence-corrected chi connectivity index (χ4v) is 3.25. The molecule has 2 aromatic heterocycles. The molecule has 2 aromatic rings. The third-order valence-electron chi connectivity index (χ3n) is 3.72. The minimum Gasteiger partial charge on any atom is -0.316 e. The van der Waals surface area contributed by atoms with Crippen LogP contribution < -0.4 is 5.32 Å². The van der Waals surface area contributed by atoms with E-state index in [2.05, 4.69) is 53.9 Å². The van der Waals surface area contributed by atoms with Gasteiger partial charge in [0.25, 0.3) is 0 Å². The molecule has 1 N–H and O–H groups in total. The Morgan fingerprint density at radius 3 is 2.68 bits per heavy atom. The summed E-state index contributed by atoms with van der Waals surface area (Å²) in [6, 6.07) is 9.13. The van der Waals surface area contributed by atoms with Gasteiger partial charge in [0.1, 0.15) is 0 Å². The quantitative estimate of drug-likeness (QED) is 0.829. The van der Waals surface area contributed by atoms with E-state index in [1.165, 1.54) is 29.7 Å². The van der Waals surface area contributed by atoms with Crippen molar-refractivity contribution < 1.29 is 0 Å². The monoisotopic (exact) mass is 274 g/mol. The van der Waals surface area contributed by atoms with Crippen molar-refractivity contribution in [2.75, 3.05) is 7.05 Å². The predicted octanol–water partition coefficient (Wildman–Crippen LogP) is 3.86. The van der Waals surface area contributed by atoms with Crippen LogP contribution in [0.1, 0.15) is 36.1 Å². The van der Waals surface area contributed by atoms with Crippen LogP contribution in [0.2, 0.25) is 0 Å². The van der Waals surface area contributed by atoms with Crippen molar-refractivity contribution in [1.29, 1.82) is 0 Å². The van der Waals surface area contributed by atoms with Crippen LogP contribution in [0.15, 0.2) is 42.0 Å². The van der Waals surface area contributed by atoms with Crippen LogP contribution in [0.4, 0.5) is 0 Å². The Bertz CT molecular complexity index is 453. The molecule has 0 aliphatic rings. The highest BCUT2D eigenvalue weighted by Gasteiger charge is 2.16. The number of hydrogen-bond acceptors (Lipinski definition) is 3. The second kappa shape index (κ2) is 7.41. The fourth-order valence-electron chi connectivity index (χ4n) is 2.49. The molecule has 2 atom stereocenters. The first-order valence-electron chi connectivity index (χ1n) is 6.91. The molecular formula is C16H22N2S. The Balaban J connectivity index is 1.85. The highest BCUT2D eigenvalue weighted by molar-refractivity contribution is 7.09. The summed E-state index contributed by atoms with van der Waals surface area (Å²) in [5, 5.41) is 5.62. The molecule has 0 aromatic carbocycles. The summed E-state index contributed by atoms with van der Waals surface area (Å²) in [6.07, 6.45) is 7.40. The molecule has 3 heteroatoms. The van der Waals surface area contributed by atoms with Gasteiger partial charge in [0, 0.05) is 23.3 Å². The van der Waals surface area contributed by atoms with E-state index >= 15 is 0 Å². The molecule has 2 rings (SSSR count). The number of aryl methyl sites for hydroxylation is 1. The predicted molar refractivity (Wildman–Crippen MR) is 82.8 cm³/mol. The molecular weight excluding hydrogens is 252 g/mol. The van der Waals surface area contributed by atoms with E-state index in [0.29, 0.717) is 12.0 Å². The number of aromatic nitrogens is 1. The SMILES string of the molecule is CNC(CCCc1cccs1)C(C)c1ccncc1. The van der Waals surface area contributed by atoms with Crippen LogP contribution in [0.25, 0.3) is 0 Å². The van der Waals surface area contributed by atoms with Gasteiger partial charge in [-0.05, 0) is 61.4 Å². The Kier molecular flexibility index (Phi) is 5.55. The molecule has 2 heterocycles. The first kappa shape index (κ1) is 14.2. The number of thiophene rings is 1. The van der Waals surface area contributed by atoms with E-state index in [0.717, 1.165) is 0 Å². The van der Waals surface area contributed by atoms with Crippen LogP contribution in [0.3, 0.4) is 0 Å². The van der Waals surface area contributed by atoms with Crippen molar-refractivity contribution in [2.45, 2.75) is 38.1 Å². The van der Waals surface area contributed by atoms with Crippen molar-refractivity contribution in [3.63, 3.8) is 0 Å². The van der Waals surface area contributed by atoms with Gasteiger partial charge < -0.3 is 5.32 Å². The average Bonchev–Trinajstić information content (AvgIpc) is 2.97. The topological polar surface area (TPSA) is 24.9 Å². The molecule has 0 fully saturated rings. The lowest BCUT2D eigenvalue weighted by atomic mass is 9.90. The second-order valence-corrected chi connectivity index (χ2v) is 5.97. The lowest BCUT2D eigenvalue weighted by Gasteiger charge is -2.23. The van der Waals surface area contributed by atoms with Crippen LogP contribution in [-0.2, 0) is 6.42 Å². The summed E-state index contributed by atoms with van der Waals surface area (Å²) in [5.41, 5.74) is 1.37. The van der Waals surface area contributed by atoms with Gasteiger partial charge in [-0.15, -0.1) is 11.3 Å². The minimum atomic E-state index is 0.524. The molecule has 0 spiro atoms. The number of nitrogens with one attached hydrogen (secondary N) is 1. The zero-order chi connectivity index (χ0) is 13.5. The van der Waals surface area contributed by atoms with Gasteiger partial charge in [0.05, 0.1) is 0 Å². The summed E-state index contributed by atoms with van der Waals surface area (Å²) in [6.45, 7) is 2.29. The number of hydrogen-bond donors (Lipinski definition) is 1. The molecule has 0 amide bonds. The Hall–Kier alpha value is -1.19. The zero-order valence-electron chi connectivity index (χ0n) is 11.7. The molecule has 0 saturated heterocycles. The van der Waals surface area contributed by atoms with Crippen molar-refractivity contribution in [3.8, 4) is 0 Å². The minimum absolute atomic E-state index is 0.524. The van der Waals surface area contributed by atoms with Gasteiger partial charge in [-0.1, -0.05) is 13.0 Å². The maximum atomic E-state index is 4.09. The Morgan fingerprint density at radius 2 is 2.05 bits per heavy atom. The van der Waals surface area contributed by atoms with Crippen LogP contribution in [0, 0.1) is 0 Å². The van der Waals surface area contributed by atoms with Gasteiger partial charge in [-0.25, -0.2) is 0 Å². The first-order valence-corrected chi connectivity index (χ1v) is 7.79. The molecule has 0 saturated carbocycles. The van der Waals surface area contributed by atoms with E-state index in [4.69, 9.17) is 0 Å². The number of rotatable bonds is 7. The highest BCUT2D eigenvalue weighted by atomic mass is 32.1.